The maximum atomic E-state index is 14.4. The van der Waals surface area contributed by atoms with Gasteiger partial charge in [-0.05, 0) is 61.9 Å². The molecule has 34 heavy (non-hydrogen) atoms. The number of hydrogen-bond donors (Lipinski definition) is 1. The monoisotopic (exact) mass is 478 g/mol. The van der Waals surface area contributed by atoms with Gasteiger partial charge in [0.25, 0.3) is 0 Å². The molecule has 1 saturated carbocycles. The molecule has 6 heteroatoms. The summed E-state index contributed by atoms with van der Waals surface area (Å²) in [5.74, 6) is 4.87. The van der Waals surface area contributed by atoms with Gasteiger partial charge < -0.3 is 14.8 Å². The van der Waals surface area contributed by atoms with Crippen molar-refractivity contribution >= 4 is 16.5 Å². The number of terminal acetylenes is 1. The van der Waals surface area contributed by atoms with Crippen molar-refractivity contribution in [3.63, 3.8) is 0 Å². The molecule has 0 spiro atoms. The second kappa shape index (κ2) is 10.1. The Morgan fingerprint density at radius 3 is 2.47 bits per heavy atom. The van der Waals surface area contributed by atoms with E-state index in [1.807, 2.05) is 38.1 Å². The lowest BCUT2D eigenvalue weighted by atomic mass is 9.86. The molecule has 2 aromatic carbocycles. The lowest BCUT2D eigenvalue weighted by molar-refractivity contribution is 0.393. The number of rotatable bonds is 9. The minimum atomic E-state index is -0.291. The molecule has 0 radical (unpaired) electrons. The Morgan fingerprint density at radius 2 is 1.85 bits per heavy atom. The molecular formula is C28H31FN2O2S. The van der Waals surface area contributed by atoms with Crippen LogP contribution >= 0.6 is 11.3 Å². The molecular weight excluding hydrogens is 447 g/mol. The Morgan fingerprint density at radius 1 is 1.12 bits per heavy atom. The summed E-state index contributed by atoms with van der Waals surface area (Å²) in [5.41, 5.74) is 4.35. The molecule has 1 aromatic heterocycles. The van der Waals surface area contributed by atoms with Crippen molar-refractivity contribution in [2.24, 2.45) is 5.92 Å². The maximum Gasteiger partial charge on any atom is 0.184 e. The normalized spacial score (nSPS) is 14.9. The van der Waals surface area contributed by atoms with Crippen LogP contribution in [0.1, 0.15) is 46.7 Å². The van der Waals surface area contributed by atoms with Gasteiger partial charge in [-0.1, -0.05) is 30.9 Å². The van der Waals surface area contributed by atoms with Crippen molar-refractivity contribution < 1.29 is 13.9 Å². The molecule has 3 aromatic rings. The first-order valence-corrected chi connectivity index (χ1v) is 12.3. The topological polar surface area (TPSA) is 43.4 Å². The molecule has 0 amide bonds. The van der Waals surface area contributed by atoms with E-state index >= 15 is 0 Å². The maximum absolute atomic E-state index is 14.4. The highest BCUT2D eigenvalue weighted by Gasteiger charge is 2.31. The smallest absolute Gasteiger partial charge is 0.184 e. The Hall–Kier alpha value is -3.04. The third kappa shape index (κ3) is 5.05. The van der Waals surface area contributed by atoms with Crippen LogP contribution in [0.15, 0.2) is 30.3 Å². The van der Waals surface area contributed by atoms with Gasteiger partial charge in [0, 0.05) is 22.4 Å². The summed E-state index contributed by atoms with van der Waals surface area (Å²) in [6.45, 7) is 5.82. The number of nitrogens with zero attached hydrogens (tertiary/aromatic N) is 1. The summed E-state index contributed by atoms with van der Waals surface area (Å²) in [6.07, 6.45) is 9.37. The fourth-order valence-corrected chi connectivity index (χ4v) is 5.22. The quantitative estimate of drug-likeness (QED) is 0.340. The number of aryl methyl sites for hydroxylation is 3. The lowest BCUT2D eigenvalue weighted by Crippen LogP contribution is -2.26. The first kappa shape index (κ1) is 24.1. The number of hydrogen-bond acceptors (Lipinski definition) is 5. The van der Waals surface area contributed by atoms with Crippen LogP contribution < -0.4 is 14.8 Å². The van der Waals surface area contributed by atoms with E-state index in [9.17, 15) is 4.39 Å². The van der Waals surface area contributed by atoms with E-state index in [0.717, 1.165) is 44.6 Å². The van der Waals surface area contributed by atoms with Crippen molar-refractivity contribution in [2.45, 2.75) is 52.0 Å². The average molecular weight is 479 g/mol. The number of benzene rings is 2. The zero-order valence-corrected chi connectivity index (χ0v) is 21.2. The van der Waals surface area contributed by atoms with Gasteiger partial charge in [0.05, 0.1) is 26.0 Å². The van der Waals surface area contributed by atoms with Crippen molar-refractivity contribution in [3.05, 3.63) is 57.7 Å². The second-order valence-electron chi connectivity index (χ2n) is 9.03. The molecule has 4 rings (SSSR count). The molecule has 1 aliphatic rings. The standard InChI is InChI=1S/C28H31FN2O2S/c1-7-24(21(13-19-9-10-19)20-11-8-16(2)23(29)14-20)30-28-31-27(18(4)34-28)22-12-17(3)25(32-5)15-26(22)33-6/h1,8,11-12,14-15,19,21,24H,9-10,13H2,2-6H3,(H,30,31)/t21-,24?/m0/s1. The first-order valence-electron chi connectivity index (χ1n) is 11.5. The van der Waals surface area contributed by atoms with Crippen LogP contribution in [0.25, 0.3) is 11.3 Å². The Labute approximate surface area is 205 Å². The van der Waals surface area contributed by atoms with E-state index in [1.165, 1.54) is 12.8 Å². The minimum Gasteiger partial charge on any atom is -0.496 e. The number of methoxy groups -OCH3 is 2. The minimum absolute atomic E-state index is 0.0121. The summed E-state index contributed by atoms with van der Waals surface area (Å²) >= 11 is 1.56. The van der Waals surface area contributed by atoms with E-state index < -0.39 is 0 Å². The summed E-state index contributed by atoms with van der Waals surface area (Å²) in [4.78, 5) is 5.95. The summed E-state index contributed by atoms with van der Waals surface area (Å²) in [5, 5.41) is 4.23. The molecule has 178 valence electrons. The molecule has 0 bridgehead atoms. The summed E-state index contributed by atoms with van der Waals surface area (Å²) in [6, 6.07) is 9.10. The van der Waals surface area contributed by atoms with Gasteiger partial charge in [0.2, 0.25) is 0 Å². The highest BCUT2D eigenvalue weighted by atomic mass is 32.1. The van der Waals surface area contributed by atoms with Gasteiger partial charge in [-0.25, -0.2) is 9.37 Å². The second-order valence-corrected chi connectivity index (χ2v) is 10.2. The highest BCUT2D eigenvalue weighted by Crippen LogP contribution is 2.42. The number of nitrogens with one attached hydrogen (secondary N) is 1. The predicted molar refractivity (Wildman–Crippen MR) is 138 cm³/mol. The highest BCUT2D eigenvalue weighted by molar-refractivity contribution is 7.16. The fraction of sp³-hybridized carbons (Fsp3) is 0.393. The molecule has 4 nitrogen and oxygen atoms in total. The number of anilines is 1. The van der Waals surface area contributed by atoms with Gasteiger partial charge >= 0.3 is 0 Å². The van der Waals surface area contributed by atoms with Gasteiger partial charge in [-0.3, -0.25) is 0 Å². The van der Waals surface area contributed by atoms with Crippen LogP contribution in [0, 0.1) is 44.9 Å². The molecule has 1 aliphatic carbocycles. The van der Waals surface area contributed by atoms with Gasteiger partial charge in [0.1, 0.15) is 17.3 Å². The molecule has 0 aliphatic heterocycles. The van der Waals surface area contributed by atoms with Crippen molar-refractivity contribution in [3.8, 4) is 35.1 Å². The van der Waals surface area contributed by atoms with E-state index in [2.05, 4.69) is 11.2 Å². The van der Waals surface area contributed by atoms with Gasteiger partial charge in [0.15, 0.2) is 5.13 Å². The van der Waals surface area contributed by atoms with Crippen molar-refractivity contribution in [1.29, 1.82) is 0 Å². The van der Waals surface area contributed by atoms with Crippen LogP contribution in [0.2, 0.25) is 0 Å². The van der Waals surface area contributed by atoms with Crippen molar-refractivity contribution in [1.82, 2.24) is 4.98 Å². The number of halogens is 1. The molecule has 0 saturated heterocycles. The molecule has 2 atom stereocenters. The zero-order chi connectivity index (χ0) is 24.4. The Kier molecular flexibility index (Phi) is 7.13. The van der Waals surface area contributed by atoms with E-state index in [1.54, 1.807) is 38.5 Å². The lowest BCUT2D eigenvalue weighted by Gasteiger charge is -2.25. The van der Waals surface area contributed by atoms with Crippen LogP contribution in [0.5, 0.6) is 11.5 Å². The third-order valence-electron chi connectivity index (χ3n) is 6.54. The number of aromatic nitrogens is 1. The molecule has 1 N–H and O–H groups in total. The van der Waals surface area contributed by atoms with Crippen LogP contribution in [-0.4, -0.2) is 25.2 Å². The summed E-state index contributed by atoms with van der Waals surface area (Å²) < 4.78 is 25.5. The van der Waals surface area contributed by atoms with Crippen LogP contribution in [0.4, 0.5) is 9.52 Å². The predicted octanol–water partition coefficient (Wildman–Crippen LogP) is 6.89. The SMILES string of the molecule is C#CC(Nc1nc(-c2cc(C)c(OC)cc2OC)c(C)s1)[C@@H](CC1CC1)c1ccc(C)c(F)c1. The molecule has 1 fully saturated rings. The Bertz CT molecular complexity index is 1230. The Balaban J connectivity index is 1.65. The van der Waals surface area contributed by atoms with E-state index in [0.29, 0.717) is 17.2 Å². The first-order chi connectivity index (χ1) is 16.3. The van der Waals surface area contributed by atoms with Crippen molar-refractivity contribution in [2.75, 3.05) is 19.5 Å². The third-order valence-corrected chi connectivity index (χ3v) is 7.44. The summed E-state index contributed by atoms with van der Waals surface area (Å²) in [7, 11) is 3.29. The zero-order valence-electron chi connectivity index (χ0n) is 20.4. The van der Waals surface area contributed by atoms with Gasteiger partial charge in [-0.15, -0.1) is 17.8 Å². The van der Waals surface area contributed by atoms with Gasteiger partial charge in [-0.2, -0.15) is 0 Å². The number of ether oxygens (including phenoxy) is 2. The fourth-order valence-electron chi connectivity index (χ4n) is 4.36. The average Bonchev–Trinajstić information content (AvgIpc) is 3.58. The largest absolute Gasteiger partial charge is 0.496 e. The number of thiazole rings is 1. The van der Waals surface area contributed by atoms with E-state index in [4.69, 9.17) is 20.9 Å². The van der Waals surface area contributed by atoms with E-state index in [-0.39, 0.29) is 17.8 Å². The molecule has 1 unspecified atom stereocenters. The van der Waals surface area contributed by atoms with Crippen LogP contribution in [-0.2, 0) is 0 Å². The van der Waals surface area contributed by atoms with Crippen LogP contribution in [0.3, 0.4) is 0 Å². The molecule has 1 heterocycles.